The molecule has 0 spiro atoms. The van der Waals surface area contributed by atoms with Gasteiger partial charge >= 0.3 is 5.69 Å². The molecule has 24 heavy (non-hydrogen) atoms. The van der Waals surface area contributed by atoms with Crippen molar-refractivity contribution in [3.63, 3.8) is 0 Å². The number of fused-ring (bicyclic) bond motifs is 1. The third kappa shape index (κ3) is 2.94. The number of rotatable bonds is 2. The summed E-state index contributed by atoms with van der Waals surface area (Å²) in [5, 5.41) is 0. The van der Waals surface area contributed by atoms with Crippen molar-refractivity contribution in [1.82, 2.24) is 19.0 Å². The van der Waals surface area contributed by atoms with E-state index in [-0.39, 0.29) is 18.0 Å². The summed E-state index contributed by atoms with van der Waals surface area (Å²) >= 11 is 0. The SMILES string of the molecule is Cc1cn(CC(=O)N2CCc3cc(=O)n(C)cc3C2)c(=O)[nH]c1=O. The Bertz CT molecular complexity index is 983. The van der Waals surface area contributed by atoms with Crippen LogP contribution in [0.25, 0.3) is 0 Å². The summed E-state index contributed by atoms with van der Waals surface area (Å²) in [4.78, 5) is 51.2. The van der Waals surface area contributed by atoms with Gasteiger partial charge < -0.3 is 9.47 Å². The van der Waals surface area contributed by atoms with Crippen LogP contribution in [0.2, 0.25) is 0 Å². The van der Waals surface area contributed by atoms with Gasteiger partial charge in [0.15, 0.2) is 0 Å². The van der Waals surface area contributed by atoms with Crippen molar-refractivity contribution < 1.29 is 4.79 Å². The third-order valence-electron chi connectivity index (χ3n) is 4.27. The van der Waals surface area contributed by atoms with Gasteiger partial charge in [-0.3, -0.25) is 23.9 Å². The van der Waals surface area contributed by atoms with Crippen LogP contribution < -0.4 is 16.8 Å². The Balaban J connectivity index is 1.81. The van der Waals surface area contributed by atoms with Crippen LogP contribution in [0.5, 0.6) is 0 Å². The van der Waals surface area contributed by atoms with Gasteiger partial charge in [0.2, 0.25) is 5.91 Å². The van der Waals surface area contributed by atoms with Crippen LogP contribution >= 0.6 is 0 Å². The van der Waals surface area contributed by atoms with Gasteiger partial charge in [-0.05, 0) is 24.5 Å². The average Bonchev–Trinajstić information content (AvgIpc) is 2.53. The second-order valence-electron chi connectivity index (χ2n) is 6.04. The highest BCUT2D eigenvalue weighted by Gasteiger charge is 2.22. The van der Waals surface area contributed by atoms with Crippen molar-refractivity contribution in [3.05, 3.63) is 66.3 Å². The number of nitrogens with one attached hydrogen (secondary N) is 1. The van der Waals surface area contributed by atoms with E-state index >= 15 is 0 Å². The van der Waals surface area contributed by atoms with E-state index in [4.69, 9.17) is 0 Å². The monoisotopic (exact) mass is 330 g/mol. The van der Waals surface area contributed by atoms with E-state index in [0.717, 1.165) is 11.1 Å². The van der Waals surface area contributed by atoms with Crippen molar-refractivity contribution in [1.29, 1.82) is 0 Å². The second-order valence-corrected chi connectivity index (χ2v) is 6.04. The zero-order chi connectivity index (χ0) is 17.4. The number of aromatic amines is 1. The van der Waals surface area contributed by atoms with Crippen LogP contribution in [-0.2, 0) is 31.4 Å². The van der Waals surface area contributed by atoms with E-state index in [0.29, 0.717) is 25.1 Å². The number of aryl methyl sites for hydroxylation is 2. The number of carbonyl (C=O) groups excluding carboxylic acids is 1. The van der Waals surface area contributed by atoms with Gasteiger partial charge in [0.05, 0.1) is 0 Å². The minimum Gasteiger partial charge on any atom is -0.336 e. The molecule has 2 aromatic heterocycles. The highest BCUT2D eigenvalue weighted by molar-refractivity contribution is 5.76. The first kappa shape index (κ1) is 16.0. The molecule has 3 rings (SSSR count). The molecule has 1 amide bonds. The van der Waals surface area contributed by atoms with Crippen molar-refractivity contribution in [2.24, 2.45) is 7.05 Å². The van der Waals surface area contributed by atoms with Crippen LogP contribution in [0.4, 0.5) is 0 Å². The number of pyridine rings is 1. The average molecular weight is 330 g/mol. The molecule has 0 radical (unpaired) electrons. The summed E-state index contributed by atoms with van der Waals surface area (Å²) in [6.45, 7) is 2.35. The van der Waals surface area contributed by atoms with Crippen molar-refractivity contribution in [2.75, 3.05) is 6.54 Å². The molecule has 0 bridgehead atoms. The summed E-state index contributed by atoms with van der Waals surface area (Å²) in [5.74, 6) is -0.206. The molecule has 3 heterocycles. The molecular formula is C16H18N4O4. The molecule has 8 heteroatoms. The van der Waals surface area contributed by atoms with Gasteiger partial charge in [0.1, 0.15) is 6.54 Å². The molecule has 0 aliphatic carbocycles. The van der Waals surface area contributed by atoms with E-state index in [1.807, 2.05) is 0 Å². The maximum Gasteiger partial charge on any atom is 0.328 e. The molecule has 0 aromatic carbocycles. The lowest BCUT2D eigenvalue weighted by atomic mass is 10.0. The Morgan fingerprint density at radius 1 is 1.21 bits per heavy atom. The lowest BCUT2D eigenvalue weighted by Gasteiger charge is -2.29. The minimum atomic E-state index is -0.598. The molecule has 2 aromatic rings. The summed E-state index contributed by atoms with van der Waals surface area (Å²) in [6.07, 6.45) is 3.74. The van der Waals surface area contributed by atoms with Crippen molar-refractivity contribution in [2.45, 2.75) is 26.4 Å². The maximum absolute atomic E-state index is 12.5. The third-order valence-corrected chi connectivity index (χ3v) is 4.27. The molecule has 0 atom stereocenters. The highest BCUT2D eigenvalue weighted by Crippen LogP contribution is 2.17. The molecule has 1 aliphatic heterocycles. The van der Waals surface area contributed by atoms with Gasteiger partial charge in [0.25, 0.3) is 11.1 Å². The summed E-state index contributed by atoms with van der Waals surface area (Å²) in [7, 11) is 1.67. The molecule has 126 valence electrons. The molecule has 0 saturated carbocycles. The highest BCUT2D eigenvalue weighted by atomic mass is 16.2. The number of hydrogen-bond acceptors (Lipinski definition) is 4. The zero-order valence-corrected chi connectivity index (χ0v) is 13.5. The molecule has 1 aliphatic rings. The van der Waals surface area contributed by atoms with E-state index < -0.39 is 11.2 Å². The Labute approximate surface area is 137 Å². The molecule has 1 N–H and O–H groups in total. The first-order chi connectivity index (χ1) is 11.3. The molecule has 0 saturated heterocycles. The molecular weight excluding hydrogens is 312 g/mol. The standard InChI is InChI=1S/C16H18N4O4/c1-10-6-20(16(24)17-15(10)23)9-14(22)19-4-3-11-5-13(21)18(2)7-12(11)8-19/h5-7H,3-4,8-9H2,1-2H3,(H,17,23,24). The van der Waals surface area contributed by atoms with Gasteiger partial charge in [-0.15, -0.1) is 0 Å². The Morgan fingerprint density at radius 3 is 2.71 bits per heavy atom. The first-order valence-electron chi connectivity index (χ1n) is 7.61. The Hall–Kier alpha value is -2.90. The lowest BCUT2D eigenvalue weighted by Crippen LogP contribution is -2.41. The summed E-state index contributed by atoms with van der Waals surface area (Å²) in [5.41, 5.74) is 1.15. The van der Waals surface area contributed by atoms with Gasteiger partial charge in [0, 0.05) is 44.2 Å². The van der Waals surface area contributed by atoms with Gasteiger partial charge in [-0.2, -0.15) is 0 Å². The second kappa shape index (κ2) is 5.95. The fraction of sp³-hybridized carbons (Fsp3) is 0.375. The number of amides is 1. The Kier molecular flexibility index (Phi) is 3.96. The van der Waals surface area contributed by atoms with Crippen LogP contribution in [0.15, 0.2) is 32.8 Å². The van der Waals surface area contributed by atoms with E-state index in [2.05, 4.69) is 4.98 Å². The normalized spacial score (nSPS) is 13.7. The first-order valence-corrected chi connectivity index (χ1v) is 7.61. The fourth-order valence-corrected chi connectivity index (χ4v) is 2.83. The zero-order valence-electron chi connectivity index (χ0n) is 13.5. The van der Waals surface area contributed by atoms with E-state index in [1.165, 1.54) is 15.3 Å². The number of aromatic nitrogens is 3. The van der Waals surface area contributed by atoms with Crippen LogP contribution in [0.1, 0.15) is 16.7 Å². The topological polar surface area (TPSA) is 97.2 Å². The smallest absolute Gasteiger partial charge is 0.328 e. The van der Waals surface area contributed by atoms with Crippen molar-refractivity contribution in [3.8, 4) is 0 Å². The minimum absolute atomic E-state index is 0.0659. The lowest BCUT2D eigenvalue weighted by molar-refractivity contribution is -0.132. The maximum atomic E-state index is 12.5. The van der Waals surface area contributed by atoms with Crippen molar-refractivity contribution >= 4 is 5.91 Å². The van der Waals surface area contributed by atoms with Gasteiger partial charge in [-0.1, -0.05) is 0 Å². The largest absolute Gasteiger partial charge is 0.336 e. The molecule has 8 nitrogen and oxygen atoms in total. The van der Waals surface area contributed by atoms with E-state index in [9.17, 15) is 19.2 Å². The van der Waals surface area contributed by atoms with Gasteiger partial charge in [-0.25, -0.2) is 4.79 Å². The summed E-state index contributed by atoms with van der Waals surface area (Å²) < 4.78 is 2.69. The van der Waals surface area contributed by atoms with Crippen LogP contribution in [0, 0.1) is 6.92 Å². The molecule has 0 unspecified atom stereocenters. The predicted molar refractivity (Wildman–Crippen MR) is 86.9 cm³/mol. The number of nitrogens with zero attached hydrogens (tertiary/aromatic N) is 3. The van der Waals surface area contributed by atoms with E-state index in [1.54, 1.807) is 31.1 Å². The predicted octanol–water partition coefficient (Wildman–Crippen LogP) is -0.871. The molecule has 0 fully saturated rings. The fourth-order valence-electron chi connectivity index (χ4n) is 2.83. The number of H-pyrrole nitrogens is 1. The Morgan fingerprint density at radius 2 is 1.96 bits per heavy atom. The summed E-state index contributed by atoms with van der Waals surface area (Å²) in [6, 6.07) is 1.60. The number of hydrogen-bond donors (Lipinski definition) is 1. The quantitative estimate of drug-likeness (QED) is 0.774. The van der Waals surface area contributed by atoms with Crippen LogP contribution in [0.3, 0.4) is 0 Å². The number of carbonyl (C=O) groups is 1. The van der Waals surface area contributed by atoms with Crippen LogP contribution in [-0.4, -0.2) is 31.5 Å².